The number of fused-ring (bicyclic) bond motifs is 7. The molecule has 0 radical (unpaired) electrons. The molecule has 2 atom stereocenters. The van der Waals surface area contributed by atoms with E-state index in [1.54, 1.807) is 0 Å². The van der Waals surface area contributed by atoms with Crippen LogP contribution in [0.2, 0.25) is 0 Å². The Morgan fingerprint density at radius 3 is 1.80 bits per heavy atom. The Bertz CT molecular complexity index is 2550. The van der Waals surface area contributed by atoms with E-state index in [-0.39, 0.29) is 12.0 Å². The number of benzene rings is 6. The zero-order chi connectivity index (χ0) is 32.9. The van der Waals surface area contributed by atoms with Gasteiger partial charge in [-0.15, -0.1) is 0 Å². The second-order valence-electron chi connectivity index (χ2n) is 12.6. The van der Waals surface area contributed by atoms with E-state index in [9.17, 15) is 10.5 Å². The molecular formula is C45H28N4. The quantitative estimate of drug-likeness (QED) is 0.196. The van der Waals surface area contributed by atoms with Crippen molar-refractivity contribution in [2.75, 3.05) is 0 Å². The lowest BCUT2D eigenvalue weighted by molar-refractivity contribution is 0.540. The first-order chi connectivity index (χ1) is 24.2. The zero-order valence-corrected chi connectivity index (χ0v) is 26.5. The summed E-state index contributed by atoms with van der Waals surface area (Å²) in [7, 11) is 0. The molecule has 0 bridgehead atoms. The first-order valence-corrected chi connectivity index (χ1v) is 16.4. The molecule has 6 aromatic carbocycles. The second kappa shape index (κ2) is 11.5. The van der Waals surface area contributed by atoms with Gasteiger partial charge >= 0.3 is 0 Å². The van der Waals surface area contributed by atoms with Crippen LogP contribution in [-0.2, 0) is 0 Å². The minimum absolute atomic E-state index is 0.0169. The molecule has 4 nitrogen and oxygen atoms in total. The SMILES string of the molecule is N#Cc1ccc(-c2nc3n(c2-c2ccc(C#N)cc2)C2C=CC=CC2c2cc(-c4ccc(-c5ccc6ccccc6c5)cc4)ccc2-3)cc1. The lowest BCUT2D eigenvalue weighted by Crippen LogP contribution is -2.23. The van der Waals surface area contributed by atoms with Crippen molar-refractivity contribution in [3.05, 3.63) is 174 Å². The number of imidazole rings is 1. The monoisotopic (exact) mass is 624 g/mol. The summed E-state index contributed by atoms with van der Waals surface area (Å²) in [4.78, 5) is 5.35. The molecular weight excluding hydrogens is 597 g/mol. The maximum atomic E-state index is 9.49. The molecule has 0 fully saturated rings. The standard InChI is InChI=1S/C45H28N4/c46-27-29-9-13-34(14-10-29)43-44(35-15-11-30(28-47)12-16-35)49-42-8-4-3-7-39(42)41-26-38(23-24-40(41)45(49)48-43)33-19-17-32(18-20-33)37-22-21-31-5-1-2-6-36(31)25-37/h1-26,39,42H. The Morgan fingerprint density at radius 1 is 0.531 bits per heavy atom. The molecule has 2 aliphatic rings. The van der Waals surface area contributed by atoms with Crippen molar-refractivity contribution in [2.24, 2.45) is 0 Å². The van der Waals surface area contributed by atoms with Crippen LogP contribution in [-0.4, -0.2) is 9.55 Å². The number of aromatic nitrogens is 2. The van der Waals surface area contributed by atoms with Crippen LogP contribution in [0, 0.1) is 22.7 Å². The fourth-order valence-corrected chi connectivity index (χ4v) is 7.37. The van der Waals surface area contributed by atoms with Crippen molar-refractivity contribution >= 4 is 10.8 Å². The summed E-state index contributed by atoms with van der Waals surface area (Å²) in [6.07, 6.45) is 8.82. The Morgan fingerprint density at radius 2 is 1.10 bits per heavy atom. The van der Waals surface area contributed by atoms with Gasteiger partial charge in [0, 0.05) is 22.6 Å². The van der Waals surface area contributed by atoms with Gasteiger partial charge in [-0.25, -0.2) is 4.98 Å². The van der Waals surface area contributed by atoms with Crippen molar-refractivity contribution in [1.29, 1.82) is 10.5 Å². The Kier molecular flexibility index (Phi) is 6.68. The molecule has 0 saturated heterocycles. The third kappa shape index (κ3) is 4.78. The number of hydrogen-bond acceptors (Lipinski definition) is 3. The first kappa shape index (κ1) is 28.5. The number of nitriles is 2. The molecule has 2 unspecified atom stereocenters. The van der Waals surface area contributed by atoms with Crippen LogP contribution in [0.1, 0.15) is 28.7 Å². The predicted octanol–water partition coefficient (Wildman–Crippen LogP) is 10.9. The molecule has 1 aliphatic heterocycles. The van der Waals surface area contributed by atoms with Gasteiger partial charge in [0.05, 0.1) is 40.7 Å². The molecule has 0 N–H and O–H groups in total. The Labute approximate surface area is 284 Å². The van der Waals surface area contributed by atoms with Gasteiger partial charge in [0.25, 0.3) is 0 Å². The minimum atomic E-state index is 0.0169. The van der Waals surface area contributed by atoms with E-state index in [2.05, 4.69) is 126 Å². The highest BCUT2D eigenvalue weighted by Gasteiger charge is 2.36. The molecule has 1 aromatic heterocycles. The molecule has 0 amide bonds. The highest BCUT2D eigenvalue weighted by molar-refractivity contribution is 5.88. The van der Waals surface area contributed by atoms with Gasteiger partial charge in [-0.05, 0) is 75.0 Å². The first-order valence-electron chi connectivity index (χ1n) is 16.4. The fraction of sp³-hybridized carbons (Fsp3) is 0.0444. The topological polar surface area (TPSA) is 65.4 Å². The van der Waals surface area contributed by atoms with E-state index in [1.807, 2.05) is 48.5 Å². The normalized spacial score (nSPS) is 15.6. The highest BCUT2D eigenvalue weighted by Crippen LogP contribution is 2.50. The van der Waals surface area contributed by atoms with Crippen molar-refractivity contribution in [3.63, 3.8) is 0 Å². The van der Waals surface area contributed by atoms with Crippen LogP contribution >= 0.6 is 0 Å². The van der Waals surface area contributed by atoms with Gasteiger partial charge in [0.2, 0.25) is 0 Å². The van der Waals surface area contributed by atoms with Crippen LogP contribution in [0.4, 0.5) is 0 Å². The third-order valence-electron chi connectivity index (χ3n) is 9.84. The number of rotatable bonds is 4. The summed E-state index contributed by atoms with van der Waals surface area (Å²) in [5.74, 6) is 1.03. The maximum absolute atomic E-state index is 9.49. The third-order valence-corrected chi connectivity index (χ3v) is 9.84. The van der Waals surface area contributed by atoms with Crippen molar-refractivity contribution in [2.45, 2.75) is 12.0 Å². The molecule has 2 heterocycles. The van der Waals surface area contributed by atoms with Gasteiger partial charge in [0.15, 0.2) is 0 Å². The van der Waals surface area contributed by atoms with Gasteiger partial charge < -0.3 is 4.57 Å². The Balaban J connectivity index is 1.17. The molecule has 1 aliphatic carbocycles. The van der Waals surface area contributed by atoms with E-state index in [0.717, 1.165) is 33.9 Å². The molecule has 0 spiro atoms. The van der Waals surface area contributed by atoms with Gasteiger partial charge in [-0.3, -0.25) is 0 Å². The lowest BCUT2D eigenvalue weighted by Gasteiger charge is -2.35. The molecule has 228 valence electrons. The average Bonchev–Trinajstić information content (AvgIpc) is 3.59. The van der Waals surface area contributed by atoms with Crippen LogP contribution in [0.15, 0.2) is 158 Å². The van der Waals surface area contributed by atoms with E-state index in [4.69, 9.17) is 4.98 Å². The van der Waals surface area contributed by atoms with Crippen LogP contribution in [0.3, 0.4) is 0 Å². The second-order valence-corrected chi connectivity index (χ2v) is 12.6. The summed E-state index contributed by atoms with van der Waals surface area (Å²) in [5.41, 5.74) is 12.1. The van der Waals surface area contributed by atoms with Crippen molar-refractivity contribution in [1.82, 2.24) is 9.55 Å². The van der Waals surface area contributed by atoms with E-state index < -0.39 is 0 Å². The van der Waals surface area contributed by atoms with Crippen LogP contribution < -0.4 is 0 Å². The van der Waals surface area contributed by atoms with Gasteiger partial charge in [-0.1, -0.05) is 121 Å². The van der Waals surface area contributed by atoms with Gasteiger partial charge in [0.1, 0.15) is 5.82 Å². The summed E-state index contributed by atoms with van der Waals surface area (Å²) >= 11 is 0. The molecule has 4 heteroatoms. The molecule has 9 rings (SSSR count). The van der Waals surface area contributed by atoms with Gasteiger partial charge in [-0.2, -0.15) is 10.5 Å². The van der Waals surface area contributed by atoms with E-state index >= 15 is 0 Å². The fourth-order valence-electron chi connectivity index (χ4n) is 7.37. The molecule has 0 saturated carbocycles. The molecule has 49 heavy (non-hydrogen) atoms. The number of allylic oxidation sites excluding steroid dienone is 4. The minimum Gasteiger partial charge on any atom is -0.315 e. The average molecular weight is 625 g/mol. The number of hydrogen-bond donors (Lipinski definition) is 0. The summed E-state index contributed by atoms with van der Waals surface area (Å²) in [5, 5.41) is 21.4. The zero-order valence-electron chi connectivity index (χ0n) is 26.5. The van der Waals surface area contributed by atoms with Crippen LogP contribution in [0.5, 0.6) is 0 Å². The summed E-state index contributed by atoms with van der Waals surface area (Å²) in [6.45, 7) is 0. The molecule has 7 aromatic rings. The van der Waals surface area contributed by atoms with Crippen LogP contribution in [0.25, 0.3) is 66.9 Å². The van der Waals surface area contributed by atoms with E-state index in [1.165, 1.54) is 38.6 Å². The lowest BCUT2D eigenvalue weighted by atomic mass is 9.80. The maximum Gasteiger partial charge on any atom is 0.142 e. The van der Waals surface area contributed by atoms with Crippen molar-refractivity contribution < 1.29 is 0 Å². The Hall–Kier alpha value is -6.75. The smallest absolute Gasteiger partial charge is 0.142 e. The largest absolute Gasteiger partial charge is 0.315 e. The summed E-state index contributed by atoms with van der Waals surface area (Å²) < 4.78 is 2.36. The number of nitrogens with zero attached hydrogens (tertiary/aromatic N) is 4. The van der Waals surface area contributed by atoms with E-state index in [0.29, 0.717) is 11.1 Å². The predicted molar refractivity (Wildman–Crippen MR) is 196 cm³/mol. The van der Waals surface area contributed by atoms with Crippen molar-refractivity contribution in [3.8, 4) is 68.3 Å². The highest BCUT2D eigenvalue weighted by atomic mass is 15.1. The summed E-state index contributed by atoms with van der Waals surface area (Å²) in [6, 6.07) is 50.6.